The van der Waals surface area contributed by atoms with Gasteiger partial charge in [-0.3, -0.25) is 0 Å². The molecule has 4 fully saturated rings. The van der Waals surface area contributed by atoms with Crippen LogP contribution in [0.5, 0.6) is 0 Å². The molecule has 0 aromatic rings. The molecule has 2 atom stereocenters. The second-order valence-electron chi connectivity index (χ2n) is 6.29. The first-order chi connectivity index (χ1) is 6.63. The van der Waals surface area contributed by atoms with Crippen LogP contribution in [0.15, 0.2) is 0 Å². The van der Waals surface area contributed by atoms with Gasteiger partial charge in [0.1, 0.15) is 0 Å². The summed E-state index contributed by atoms with van der Waals surface area (Å²) in [4.78, 5) is 0. The molecule has 0 aromatic heterocycles. The fourth-order valence-corrected chi connectivity index (χ4v) is 5.07. The lowest BCUT2D eigenvalue weighted by Gasteiger charge is -2.60. The van der Waals surface area contributed by atoms with Gasteiger partial charge >= 0.3 is 0 Å². The molecule has 4 bridgehead atoms. The van der Waals surface area contributed by atoms with Gasteiger partial charge in [-0.15, -0.1) is 0 Å². The summed E-state index contributed by atoms with van der Waals surface area (Å²) in [6, 6.07) is 0. The maximum atomic E-state index is 10.5. The molecule has 4 aliphatic rings. The summed E-state index contributed by atoms with van der Waals surface area (Å²) in [7, 11) is 0. The molecule has 0 heterocycles. The Balaban J connectivity index is 1.89. The Morgan fingerprint density at radius 1 is 1.14 bits per heavy atom. The number of quaternary nitrogens is 1. The van der Waals surface area contributed by atoms with Crippen LogP contribution in [0.3, 0.4) is 0 Å². The highest BCUT2D eigenvalue weighted by atomic mass is 16.3. The first kappa shape index (κ1) is 9.17. The molecule has 2 nitrogen and oxygen atoms in total. The maximum Gasteiger partial charge on any atom is 0.0745 e. The minimum absolute atomic E-state index is 0.265. The standard InChI is InChI=1S/C12H21NO/c13-2-1-11-4-9-3-10(5-11)7-12(14,6-9)8-11/h9-10,14H,1-8,13H2/p+1. The van der Waals surface area contributed by atoms with Crippen molar-refractivity contribution >= 4 is 0 Å². The van der Waals surface area contributed by atoms with Crippen LogP contribution in [-0.2, 0) is 0 Å². The molecule has 2 unspecified atom stereocenters. The first-order valence-corrected chi connectivity index (χ1v) is 6.15. The van der Waals surface area contributed by atoms with Crippen molar-refractivity contribution in [3.8, 4) is 0 Å². The lowest BCUT2D eigenvalue weighted by atomic mass is 9.47. The Labute approximate surface area is 85.9 Å². The van der Waals surface area contributed by atoms with Crippen molar-refractivity contribution in [2.45, 2.75) is 50.5 Å². The van der Waals surface area contributed by atoms with Gasteiger partial charge in [-0.1, -0.05) is 0 Å². The zero-order valence-electron chi connectivity index (χ0n) is 8.97. The van der Waals surface area contributed by atoms with E-state index in [2.05, 4.69) is 5.73 Å². The average Bonchev–Trinajstić information content (AvgIpc) is 1.97. The SMILES string of the molecule is [NH3+]CCC12CC3CC(CC(O)(C3)C1)C2. The van der Waals surface area contributed by atoms with Crippen LogP contribution in [-0.4, -0.2) is 17.3 Å². The molecule has 4 saturated carbocycles. The molecular weight excluding hydrogens is 174 g/mol. The molecule has 4 aliphatic carbocycles. The van der Waals surface area contributed by atoms with E-state index in [0.717, 1.165) is 37.6 Å². The van der Waals surface area contributed by atoms with Gasteiger partial charge in [-0.05, 0) is 55.8 Å². The molecule has 4 N–H and O–H groups in total. The predicted molar refractivity (Wildman–Crippen MR) is 54.4 cm³/mol. The Kier molecular flexibility index (Phi) is 1.79. The van der Waals surface area contributed by atoms with E-state index in [1.165, 1.54) is 25.7 Å². The van der Waals surface area contributed by atoms with Gasteiger partial charge < -0.3 is 10.8 Å². The number of hydrogen-bond donors (Lipinski definition) is 2. The van der Waals surface area contributed by atoms with Crippen molar-refractivity contribution < 1.29 is 10.8 Å². The van der Waals surface area contributed by atoms with Crippen molar-refractivity contribution in [2.24, 2.45) is 17.3 Å². The average molecular weight is 196 g/mol. The van der Waals surface area contributed by atoms with Crippen LogP contribution in [0.4, 0.5) is 0 Å². The molecule has 0 spiro atoms. The van der Waals surface area contributed by atoms with Crippen molar-refractivity contribution in [3.63, 3.8) is 0 Å². The molecule has 80 valence electrons. The number of aliphatic hydroxyl groups is 1. The second kappa shape index (κ2) is 2.73. The minimum Gasteiger partial charge on any atom is -0.390 e. The summed E-state index contributed by atoms with van der Waals surface area (Å²) < 4.78 is 0. The van der Waals surface area contributed by atoms with Crippen LogP contribution in [0.25, 0.3) is 0 Å². The van der Waals surface area contributed by atoms with Gasteiger partial charge in [0.2, 0.25) is 0 Å². The summed E-state index contributed by atoms with van der Waals surface area (Å²) >= 11 is 0. The Morgan fingerprint density at radius 3 is 2.29 bits per heavy atom. The largest absolute Gasteiger partial charge is 0.390 e. The zero-order chi connectivity index (χ0) is 9.81. The smallest absolute Gasteiger partial charge is 0.0745 e. The van der Waals surface area contributed by atoms with Crippen molar-refractivity contribution in [1.29, 1.82) is 0 Å². The zero-order valence-corrected chi connectivity index (χ0v) is 8.97. The van der Waals surface area contributed by atoms with E-state index in [0.29, 0.717) is 5.41 Å². The molecule has 14 heavy (non-hydrogen) atoms. The third kappa shape index (κ3) is 1.24. The van der Waals surface area contributed by atoms with E-state index in [1.807, 2.05) is 0 Å². The van der Waals surface area contributed by atoms with Gasteiger partial charge in [-0.2, -0.15) is 0 Å². The minimum atomic E-state index is -0.265. The number of hydrogen-bond acceptors (Lipinski definition) is 1. The van der Waals surface area contributed by atoms with Crippen LogP contribution in [0.1, 0.15) is 44.9 Å². The van der Waals surface area contributed by atoms with Crippen molar-refractivity contribution in [1.82, 2.24) is 0 Å². The third-order valence-corrected chi connectivity index (χ3v) is 4.86. The van der Waals surface area contributed by atoms with Crippen LogP contribution in [0.2, 0.25) is 0 Å². The molecule has 2 heteroatoms. The monoisotopic (exact) mass is 196 g/mol. The van der Waals surface area contributed by atoms with Gasteiger partial charge in [0.15, 0.2) is 0 Å². The first-order valence-electron chi connectivity index (χ1n) is 6.15. The summed E-state index contributed by atoms with van der Waals surface area (Å²) in [6.07, 6.45) is 8.72. The predicted octanol–water partition coefficient (Wildman–Crippen LogP) is 0.950. The topological polar surface area (TPSA) is 47.9 Å². The molecule has 0 saturated heterocycles. The molecule has 0 radical (unpaired) electrons. The second-order valence-corrected chi connectivity index (χ2v) is 6.29. The Bertz CT molecular complexity index is 237. The highest BCUT2D eigenvalue weighted by Gasteiger charge is 2.56. The van der Waals surface area contributed by atoms with E-state index >= 15 is 0 Å². The van der Waals surface area contributed by atoms with Gasteiger partial charge in [0, 0.05) is 6.42 Å². The molecule has 4 rings (SSSR count). The lowest BCUT2D eigenvalue weighted by molar-refractivity contribution is -0.375. The van der Waals surface area contributed by atoms with Gasteiger partial charge in [0.05, 0.1) is 12.1 Å². The van der Waals surface area contributed by atoms with E-state index in [1.54, 1.807) is 0 Å². The molecule has 0 aliphatic heterocycles. The summed E-state index contributed by atoms with van der Waals surface area (Å²) in [5.41, 5.74) is 4.24. The lowest BCUT2D eigenvalue weighted by Crippen LogP contribution is -2.59. The third-order valence-electron chi connectivity index (χ3n) is 4.86. The maximum absolute atomic E-state index is 10.5. The fraction of sp³-hybridized carbons (Fsp3) is 1.00. The fourth-order valence-electron chi connectivity index (χ4n) is 5.07. The van der Waals surface area contributed by atoms with Crippen LogP contribution in [0, 0.1) is 17.3 Å². The normalized spacial score (nSPS) is 55.3. The Morgan fingerprint density at radius 2 is 1.79 bits per heavy atom. The Hall–Kier alpha value is -0.0800. The van der Waals surface area contributed by atoms with Gasteiger partial charge in [0.25, 0.3) is 0 Å². The van der Waals surface area contributed by atoms with Crippen molar-refractivity contribution in [2.75, 3.05) is 6.54 Å². The van der Waals surface area contributed by atoms with Crippen LogP contribution >= 0.6 is 0 Å². The summed E-state index contributed by atoms with van der Waals surface area (Å²) in [5.74, 6) is 1.68. The molecule has 0 aromatic carbocycles. The molecular formula is C12H22NO+. The summed E-state index contributed by atoms with van der Waals surface area (Å²) in [6.45, 7) is 1.05. The van der Waals surface area contributed by atoms with E-state index < -0.39 is 0 Å². The highest BCUT2D eigenvalue weighted by Crippen LogP contribution is 2.62. The highest BCUT2D eigenvalue weighted by molar-refractivity contribution is 5.07. The van der Waals surface area contributed by atoms with E-state index in [4.69, 9.17) is 0 Å². The number of rotatable bonds is 2. The van der Waals surface area contributed by atoms with Gasteiger partial charge in [-0.25, -0.2) is 0 Å². The quantitative estimate of drug-likeness (QED) is 0.678. The van der Waals surface area contributed by atoms with Crippen LogP contribution < -0.4 is 5.73 Å². The van der Waals surface area contributed by atoms with E-state index in [-0.39, 0.29) is 5.60 Å². The summed E-state index contributed by atoms with van der Waals surface area (Å²) in [5, 5.41) is 10.5. The van der Waals surface area contributed by atoms with Crippen molar-refractivity contribution in [3.05, 3.63) is 0 Å². The van der Waals surface area contributed by atoms with E-state index in [9.17, 15) is 5.11 Å². The molecule has 0 amide bonds.